The van der Waals surface area contributed by atoms with Gasteiger partial charge >= 0.3 is 0 Å². The summed E-state index contributed by atoms with van der Waals surface area (Å²) in [6.07, 6.45) is 1.06. The lowest BCUT2D eigenvalue weighted by Crippen LogP contribution is -2.31. The van der Waals surface area contributed by atoms with Crippen LogP contribution in [0.1, 0.15) is 11.3 Å². The van der Waals surface area contributed by atoms with Crippen molar-refractivity contribution < 1.29 is 5.11 Å². The van der Waals surface area contributed by atoms with Gasteiger partial charge in [-0.3, -0.25) is 0 Å². The molecule has 1 saturated heterocycles. The highest BCUT2D eigenvalue weighted by molar-refractivity contribution is 7.10. The van der Waals surface area contributed by atoms with Crippen molar-refractivity contribution >= 4 is 11.3 Å². The standard InChI is InChI=1S/C9H13NOS/c11-7-9(3-4-10-6-9)8-2-1-5-12-8/h1-2,5,10-11H,3-4,6-7H2. The van der Waals surface area contributed by atoms with Crippen molar-refractivity contribution in [3.05, 3.63) is 22.4 Å². The van der Waals surface area contributed by atoms with Crippen LogP contribution in [0.15, 0.2) is 17.5 Å². The van der Waals surface area contributed by atoms with Gasteiger partial charge in [-0.15, -0.1) is 11.3 Å². The zero-order valence-corrected chi connectivity index (χ0v) is 7.73. The summed E-state index contributed by atoms with van der Waals surface area (Å²) >= 11 is 1.74. The van der Waals surface area contributed by atoms with E-state index in [0.29, 0.717) is 0 Å². The van der Waals surface area contributed by atoms with Gasteiger partial charge in [0, 0.05) is 16.8 Å². The number of hydrogen-bond donors (Lipinski definition) is 2. The molecule has 2 N–H and O–H groups in total. The van der Waals surface area contributed by atoms with E-state index < -0.39 is 0 Å². The van der Waals surface area contributed by atoms with E-state index in [1.165, 1.54) is 4.88 Å². The first-order chi connectivity index (χ1) is 5.87. The van der Waals surface area contributed by atoms with Gasteiger partial charge in [0.15, 0.2) is 0 Å². The zero-order valence-electron chi connectivity index (χ0n) is 6.92. The first-order valence-corrected chi connectivity index (χ1v) is 5.11. The fourth-order valence-corrected chi connectivity index (χ4v) is 2.70. The first kappa shape index (κ1) is 8.23. The highest BCUT2D eigenvalue weighted by Gasteiger charge is 2.35. The molecular formula is C9H13NOS. The SMILES string of the molecule is OCC1(c2cccs2)CCNC1. The van der Waals surface area contributed by atoms with Gasteiger partial charge in [-0.05, 0) is 24.4 Å². The summed E-state index contributed by atoms with van der Waals surface area (Å²) in [6.45, 7) is 2.21. The molecule has 0 saturated carbocycles. The Bertz CT molecular complexity index is 239. The third kappa shape index (κ3) is 1.18. The van der Waals surface area contributed by atoms with Gasteiger partial charge in [0.25, 0.3) is 0 Å². The minimum Gasteiger partial charge on any atom is -0.395 e. The Balaban J connectivity index is 2.28. The fraction of sp³-hybridized carbons (Fsp3) is 0.556. The molecule has 0 spiro atoms. The normalized spacial score (nSPS) is 29.4. The smallest absolute Gasteiger partial charge is 0.0548 e. The third-order valence-corrected chi connectivity index (χ3v) is 3.71. The number of thiophene rings is 1. The van der Waals surface area contributed by atoms with Gasteiger partial charge in [0.05, 0.1) is 6.61 Å². The van der Waals surface area contributed by atoms with E-state index in [4.69, 9.17) is 0 Å². The Kier molecular flexibility index (Phi) is 2.17. The minimum atomic E-state index is 0.0220. The van der Waals surface area contributed by atoms with Crippen molar-refractivity contribution in [2.45, 2.75) is 11.8 Å². The predicted octanol–water partition coefficient (Wildman–Crippen LogP) is 0.972. The van der Waals surface area contributed by atoms with Crippen LogP contribution in [0.4, 0.5) is 0 Å². The van der Waals surface area contributed by atoms with E-state index in [1.54, 1.807) is 11.3 Å². The van der Waals surface area contributed by atoms with Gasteiger partial charge in [0.1, 0.15) is 0 Å². The maximum atomic E-state index is 9.36. The maximum Gasteiger partial charge on any atom is 0.0548 e. The Hall–Kier alpha value is -0.380. The molecule has 1 unspecified atom stereocenters. The fourth-order valence-electron chi connectivity index (χ4n) is 1.75. The van der Waals surface area contributed by atoms with Crippen molar-refractivity contribution in [3.63, 3.8) is 0 Å². The molecule has 0 aliphatic carbocycles. The molecule has 0 aromatic carbocycles. The van der Waals surface area contributed by atoms with Gasteiger partial charge in [-0.1, -0.05) is 6.07 Å². The summed E-state index contributed by atoms with van der Waals surface area (Å²) in [7, 11) is 0. The highest BCUT2D eigenvalue weighted by atomic mass is 32.1. The average Bonchev–Trinajstić information content (AvgIpc) is 2.76. The lowest BCUT2D eigenvalue weighted by molar-refractivity contribution is 0.208. The molecule has 1 aliphatic rings. The van der Waals surface area contributed by atoms with E-state index >= 15 is 0 Å². The second kappa shape index (κ2) is 3.17. The molecule has 2 rings (SSSR count). The summed E-state index contributed by atoms with van der Waals surface area (Å²) in [5.74, 6) is 0. The number of nitrogens with one attached hydrogen (secondary N) is 1. The average molecular weight is 183 g/mol. The van der Waals surface area contributed by atoms with Crippen LogP contribution in [0.25, 0.3) is 0 Å². The van der Waals surface area contributed by atoms with Gasteiger partial charge in [0.2, 0.25) is 0 Å². The molecule has 1 aromatic heterocycles. The summed E-state index contributed by atoms with van der Waals surface area (Å²) in [4.78, 5) is 1.31. The Morgan fingerprint density at radius 1 is 1.67 bits per heavy atom. The second-order valence-corrected chi connectivity index (χ2v) is 4.29. The van der Waals surface area contributed by atoms with Crippen molar-refractivity contribution in [2.75, 3.05) is 19.7 Å². The van der Waals surface area contributed by atoms with E-state index in [-0.39, 0.29) is 12.0 Å². The van der Waals surface area contributed by atoms with Crippen LogP contribution < -0.4 is 5.32 Å². The monoisotopic (exact) mass is 183 g/mol. The molecule has 0 amide bonds. The van der Waals surface area contributed by atoms with Crippen LogP contribution in [-0.2, 0) is 5.41 Å². The summed E-state index contributed by atoms with van der Waals surface area (Å²) < 4.78 is 0. The van der Waals surface area contributed by atoms with Crippen molar-refractivity contribution in [2.24, 2.45) is 0 Å². The molecular weight excluding hydrogens is 170 g/mol. The number of aliphatic hydroxyl groups is 1. The molecule has 2 heterocycles. The number of hydrogen-bond acceptors (Lipinski definition) is 3. The molecule has 1 aromatic rings. The number of aliphatic hydroxyl groups excluding tert-OH is 1. The van der Waals surface area contributed by atoms with Crippen molar-refractivity contribution in [3.8, 4) is 0 Å². The van der Waals surface area contributed by atoms with Crippen molar-refractivity contribution in [1.82, 2.24) is 5.32 Å². The molecule has 0 bridgehead atoms. The lowest BCUT2D eigenvalue weighted by Gasteiger charge is -2.23. The molecule has 12 heavy (non-hydrogen) atoms. The Morgan fingerprint density at radius 3 is 3.08 bits per heavy atom. The number of rotatable bonds is 2. The Labute approximate surface area is 76.2 Å². The van der Waals surface area contributed by atoms with Crippen LogP contribution in [0.2, 0.25) is 0 Å². The van der Waals surface area contributed by atoms with Crippen LogP contribution in [0.3, 0.4) is 0 Å². The molecule has 1 aliphatic heterocycles. The largest absolute Gasteiger partial charge is 0.395 e. The summed E-state index contributed by atoms with van der Waals surface area (Å²) in [6, 6.07) is 4.17. The second-order valence-electron chi connectivity index (χ2n) is 3.34. The molecule has 1 fully saturated rings. The molecule has 2 nitrogen and oxygen atoms in total. The Morgan fingerprint density at radius 2 is 2.58 bits per heavy atom. The van der Waals surface area contributed by atoms with Gasteiger partial charge in [-0.2, -0.15) is 0 Å². The lowest BCUT2D eigenvalue weighted by atomic mass is 9.86. The predicted molar refractivity (Wildman–Crippen MR) is 50.6 cm³/mol. The van der Waals surface area contributed by atoms with E-state index in [1.807, 2.05) is 0 Å². The van der Waals surface area contributed by atoms with Crippen LogP contribution in [-0.4, -0.2) is 24.8 Å². The topological polar surface area (TPSA) is 32.3 Å². The molecule has 3 heteroatoms. The third-order valence-electron chi connectivity index (χ3n) is 2.59. The van der Waals surface area contributed by atoms with Crippen molar-refractivity contribution in [1.29, 1.82) is 0 Å². The molecule has 1 atom stereocenters. The van der Waals surface area contributed by atoms with Crippen LogP contribution >= 0.6 is 11.3 Å². The maximum absolute atomic E-state index is 9.36. The van der Waals surface area contributed by atoms with E-state index in [9.17, 15) is 5.11 Å². The quantitative estimate of drug-likeness (QED) is 0.716. The van der Waals surface area contributed by atoms with E-state index in [0.717, 1.165) is 19.5 Å². The van der Waals surface area contributed by atoms with Crippen LogP contribution in [0, 0.1) is 0 Å². The minimum absolute atomic E-state index is 0.0220. The highest BCUT2D eigenvalue weighted by Crippen LogP contribution is 2.33. The first-order valence-electron chi connectivity index (χ1n) is 4.23. The zero-order chi connectivity index (χ0) is 8.44. The summed E-state index contributed by atoms with van der Waals surface area (Å²) in [5, 5.41) is 14.7. The molecule has 0 radical (unpaired) electrons. The van der Waals surface area contributed by atoms with Crippen LogP contribution in [0.5, 0.6) is 0 Å². The van der Waals surface area contributed by atoms with E-state index in [2.05, 4.69) is 22.8 Å². The van der Waals surface area contributed by atoms with Gasteiger partial charge < -0.3 is 10.4 Å². The van der Waals surface area contributed by atoms with Gasteiger partial charge in [-0.25, -0.2) is 0 Å². The molecule has 66 valence electrons. The summed E-state index contributed by atoms with van der Waals surface area (Å²) in [5.41, 5.74) is 0.0220.